The van der Waals surface area contributed by atoms with Crippen molar-refractivity contribution in [1.29, 1.82) is 0 Å². The van der Waals surface area contributed by atoms with Gasteiger partial charge in [-0.1, -0.05) is 25.6 Å². The molecular weight excluding hydrogens is 224 g/mol. The van der Waals surface area contributed by atoms with E-state index in [1.54, 1.807) is 24.0 Å². The van der Waals surface area contributed by atoms with Crippen molar-refractivity contribution < 1.29 is 4.79 Å². The number of rotatable bonds is 5. The van der Waals surface area contributed by atoms with E-state index in [-0.39, 0.29) is 10.9 Å². The van der Waals surface area contributed by atoms with Crippen molar-refractivity contribution >= 4 is 28.9 Å². The van der Waals surface area contributed by atoms with E-state index >= 15 is 0 Å². The molecule has 1 aromatic rings. The van der Waals surface area contributed by atoms with Crippen molar-refractivity contribution in [2.24, 2.45) is 18.7 Å². The number of anilines is 1. The van der Waals surface area contributed by atoms with Gasteiger partial charge in [-0.2, -0.15) is 5.10 Å². The lowest BCUT2D eigenvalue weighted by molar-refractivity contribution is -0.118. The number of nitrogens with two attached hydrogens (primary N) is 1. The average Bonchev–Trinajstić information content (AvgIpc) is 2.60. The van der Waals surface area contributed by atoms with Crippen LogP contribution in [0.25, 0.3) is 0 Å². The average molecular weight is 240 g/mol. The summed E-state index contributed by atoms with van der Waals surface area (Å²) < 4.78 is 1.58. The Kier molecular flexibility index (Phi) is 4.42. The molecule has 1 amide bonds. The Morgan fingerprint density at radius 1 is 1.75 bits per heavy atom. The fourth-order valence-electron chi connectivity index (χ4n) is 1.40. The number of carbonyl (C=O) groups excluding carboxylic acids is 1. The molecule has 16 heavy (non-hydrogen) atoms. The number of nitrogens with one attached hydrogen (secondary N) is 1. The number of nitrogens with zero attached hydrogens (tertiary/aromatic N) is 2. The second-order valence-corrected chi connectivity index (χ2v) is 4.04. The molecular formula is C10H16N4OS. The van der Waals surface area contributed by atoms with Crippen LogP contribution in [0, 0.1) is 5.92 Å². The maximum Gasteiger partial charge on any atom is 0.235 e. The van der Waals surface area contributed by atoms with E-state index in [0.29, 0.717) is 12.2 Å². The standard InChI is InChI=1S/C10H16N4OS/c1-3-4-7(9(11)16)10(15)13-8-5-6-12-14(8)2/h5-7H,3-4H2,1-2H3,(H2,11,16)(H,13,15). The third-order valence-corrected chi connectivity index (χ3v) is 2.59. The van der Waals surface area contributed by atoms with Gasteiger partial charge in [0.15, 0.2) is 0 Å². The zero-order chi connectivity index (χ0) is 12.1. The lowest BCUT2D eigenvalue weighted by Gasteiger charge is -2.14. The van der Waals surface area contributed by atoms with Crippen molar-refractivity contribution in [2.75, 3.05) is 5.32 Å². The van der Waals surface area contributed by atoms with Gasteiger partial charge < -0.3 is 11.1 Å². The molecule has 0 saturated heterocycles. The highest BCUT2D eigenvalue weighted by Crippen LogP contribution is 2.11. The maximum atomic E-state index is 11.9. The predicted octanol–water partition coefficient (Wildman–Crippen LogP) is 1.06. The molecule has 0 aliphatic rings. The van der Waals surface area contributed by atoms with Gasteiger partial charge in [-0.05, 0) is 6.42 Å². The van der Waals surface area contributed by atoms with Crippen LogP contribution in [0.3, 0.4) is 0 Å². The minimum absolute atomic E-state index is 0.169. The Morgan fingerprint density at radius 2 is 2.44 bits per heavy atom. The third-order valence-electron chi connectivity index (χ3n) is 2.31. The van der Waals surface area contributed by atoms with Crippen LogP contribution in [0.5, 0.6) is 0 Å². The molecule has 0 spiro atoms. The topological polar surface area (TPSA) is 72.9 Å². The normalized spacial score (nSPS) is 12.1. The molecule has 0 saturated carbocycles. The molecule has 88 valence electrons. The molecule has 0 bridgehead atoms. The summed E-state index contributed by atoms with van der Waals surface area (Å²) in [6.07, 6.45) is 3.14. The monoisotopic (exact) mass is 240 g/mol. The molecule has 3 N–H and O–H groups in total. The van der Waals surface area contributed by atoms with E-state index in [4.69, 9.17) is 18.0 Å². The van der Waals surface area contributed by atoms with Crippen molar-refractivity contribution in [3.05, 3.63) is 12.3 Å². The van der Waals surface area contributed by atoms with Gasteiger partial charge in [0.2, 0.25) is 5.91 Å². The fourth-order valence-corrected chi connectivity index (χ4v) is 1.63. The Morgan fingerprint density at radius 3 is 2.88 bits per heavy atom. The number of aromatic nitrogens is 2. The zero-order valence-electron chi connectivity index (χ0n) is 9.43. The highest BCUT2D eigenvalue weighted by atomic mass is 32.1. The molecule has 0 aromatic carbocycles. The molecule has 0 aliphatic heterocycles. The Bertz CT molecular complexity index is 388. The summed E-state index contributed by atoms with van der Waals surface area (Å²) in [5.41, 5.74) is 5.54. The van der Waals surface area contributed by atoms with E-state index < -0.39 is 5.92 Å². The van der Waals surface area contributed by atoms with Crippen LogP contribution < -0.4 is 11.1 Å². The molecule has 5 nitrogen and oxygen atoms in total. The first-order valence-corrected chi connectivity index (χ1v) is 5.55. The number of hydrogen-bond donors (Lipinski definition) is 2. The summed E-state index contributed by atoms with van der Waals surface area (Å²) >= 11 is 4.88. The number of amides is 1. The molecule has 0 radical (unpaired) electrons. The second kappa shape index (κ2) is 5.60. The maximum absolute atomic E-state index is 11.9. The van der Waals surface area contributed by atoms with Gasteiger partial charge in [-0.15, -0.1) is 0 Å². The number of thiocarbonyl (C=S) groups is 1. The molecule has 0 fully saturated rings. The zero-order valence-corrected chi connectivity index (χ0v) is 10.3. The Hall–Kier alpha value is -1.43. The highest BCUT2D eigenvalue weighted by Gasteiger charge is 2.21. The van der Waals surface area contributed by atoms with Crippen LogP contribution in [0.15, 0.2) is 12.3 Å². The van der Waals surface area contributed by atoms with E-state index in [0.717, 1.165) is 6.42 Å². The van der Waals surface area contributed by atoms with Crippen LogP contribution in [0.2, 0.25) is 0 Å². The van der Waals surface area contributed by atoms with Gasteiger partial charge in [0.05, 0.1) is 17.1 Å². The van der Waals surface area contributed by atoms with E-state index in [1.165, 1.54) is 0 Å². The van der Waals surface area contributed by atoms with E-state index in [2.05, 4.69) is 10.4 Å². The van der Waals surface area contributed by atoms with Crippen LogP contribution in [0.4, 0.5) is 5.82 Å². The molecule has 1 atom stereocenters. The van der Waals surface area contributed by atoms with Gasteiger partial charge in [0.25, 0.3) is 0 Å². The van der Waals surface area contributed by atoms with Gasteiger partial charge >= 0.3 is 0 Å². The van der Waals surface area contributed by atoms with Crippen molar-refractivity contribution in [3.63, 3.8) is 0 Å². The first-order valence-electron chi connectivity index (χ1n) is 5.14. The number of carbonyl (C=O) groups is 1. The first kappa shape index (κ1) is 12.6. The SMILES string of the molecule is CCCC(C(=O)Nc1ccnn1C)C(N)=S. The van der Waals surface area contributed by atoms with Crippen LogP contribution in [0.1, 0.15) is 19.8 Å². The van der Waals surface area contributed by atoms with Gasteiger partial charge in [-0.25, -0.2) is 0 Å². The second-order valence-electron chi connectivity index (χ2n) is 3.57. The van der Waals surface area contributed by atoms with Gasteiger partial charge in [0, 0.05) is 13.1 Å². The van der Waals surface area contributed by atoms with Crippen molar-refractivity contribution in [1.82, 2.24) is 9.78 Å². The lowest BCUT2D eigenvalue weighted by Crippen LogP contribution is -2.33. The largest absolute Gasteiger partial charge is 0.393 e. The van der Waals surface area contributed by atoms with Gasteiger partial charge in [-0.3, -0.25) is 9.48 Å². The lowest BCUT2D eigenvalue weighted by atomic mass is 10.0. The third kappa shape index (κ3) is 3.03. The summed E-state index contributed by atoms with van der Waals surface area (Å²) in [7, 11) is 1.76. The van der Waals surface area contributed by atoms with Gasteiger partial charge in [0.1, 0.15) is 5.82 Å². The summed E-state index contributed by atoms with van der Waals surface area (Å²) in [5.74, 6) is 0.0650. The van der Waals surface area contributed by atoms with E-state index in [1.807, 2.05) is 6.92 Å². The fraction of sp³-hybridized carbons (Fsp3) is 0.500. The number of aryl methyl sites for hydroxylation is 1. The molecule has 1 rings (SSSR count). The Balaban J connectivity index is 2.69. The summed E-state index contributed by atoms with van der Waals surface area (Å²) in [5, 5.41) is 6.71. The highest BCUT2D eigenvalue weighted by molar-refractivity contribution is 7.80. The molecule has 1 heterocycles. The number of hydrogen-bond acceptors (Lipinski definition) is 3. The molecule has 1 aromatic heterocycles. The summed E-state index contributed by atoms with van der Waals surface area (Å²) in [6, 6.07) is 1.72. The summed E-state index contributed by atoms with van der Waals surface area (Å²) in [4.78, 5) is 12.1. The smallest absolute Gasteiger partial charge is 0.235 e. The molecule has 6 heteroatoms. The van der Waals surface area contributed by atoms with Crippen LogP contribution in [-0.2, 0) is 11.8 Å². The van der Waals surface area contributed by atoms with Crippen molar-refractivity contribution in [2.45, 2.75) is 19.8 Å². The molecule has 1 unspecified atom stereocenters. The minimum atomic E-state index is -0.408. The molecule has 0 aliphatic carbocycles. The van der Waals surface area contributed by atoms with Crippen molar-refractivity contribution in [3.8, 4) is 0 Å². The quantitative estimate of drug-likeness (QED) is 0.755. The van der Waals surface area contributed by atoms with Crippen LogP contribution in [-0.4, -0.2) is 20.7 Å². The first-order chi connectivity index (χ1) is 7.56. The Labute approximate surface area is 100 Å². The van der Waals surface area contributed by atoms with E-state index in [9.17, 15) is 4.79 Å². The minimum Gasteiger partial charge on any atom is -0.393 e. The predicted molar refractivity (Wildman–Crippen MR) is 67.0 cm³/mol. The summed E-state index contributed by atoms with van der Waals surface area (Å²) in [6.45, 7) is 1.99. The van der Waals surface area contributed by atoms with Crippen LogP contribution >= 0.6 is 12.2 Å².